The maximum atomic E-state index is 5.82. The van der Waals surface area contributed by atoms with E-state index in [0.29, 0.717) is 19.8 Å². The van der Waals surface area contributed by atoms with Gasteiger partial charge >= 0.3 is 7.12 Å². The van der Waals surface area contributed by atoms with E-state index in [1.165, 1.54) is 0 Å². The zero-order valence-corrected chi connectivity index (χ0v) is 13.5. The van der Waals surface area contributed by atoms with Crippen molar-refractivity contribution in [2.24, 2.45) is 0 Å². The molecule has 1 aliphatic heterocycles. The zero-order chi connectivity index (χ0) is 15.8. The second-order valence-corrected chi connectivity index (χ2v) is 5.13. The van der Waals surface area contributed by atoms with E-state index in [4.69, 9.17) is 23.5 Å². The minimum absolute atomic E-state index is 0.245. The first-order valence-electron chi connectivity index (χ1n) is 7.44. The summed E-state index contributed by atoms with van der Waals surface area (Å²) in [7, 11) is 2.83. The second-order valence-electron chi connectivity index (χ2n) is 5.13. The van der Waals surface area contributed by atoms with Crippen molar-refractivity contribution in [3.63, 3.8) is 0 Å². The van der Waals surface area contributed by atoms with Gasteiger partial charge in [-0.15, -0.1) is 0 Å². The van der Waals surface area contributed by atoms with Gasteiger partial charge in [0, 0.05) is 44.4 Å². The van der Waals surface area contributed by atoms with Gasteiger partial charge in [-0.25, -0.2) is 0 Å². The molecule has 0 saturated carbocycles. The lowest BCUT2D eigenvalue weighted by molar-refractivity contribution is -0.0395. The van der Waals surface area contributed by atoms with Crippen molar-refractivity contribution >= 4 is 12.6 Å². The van der Waals surface area contributed by atoms with Crippen molar-refractivity contribution in [3.05, 3.63) is 23.3 Å². The minimum Gasteiger partial charge on any atom is -0.497 e. The Kier molecular flexibility index (Phi) is 7.15. The molecule has 0 bridgehead atoms. The van der Waals surface area contributed by atoms with Gasteiger partial charge in [-0.1, -0.05) is 17.7 Å². The lowest BCUT2D eigenvalue weighted by atomic mass is 9.76. The van der Waals surface area contributed by atoms with Crippen molar-refractivity contribution in [3.8, 4) is 5.75 Å². The van der Waals surface area contributed by atoms with Crippen LogP contribution in [-0.2, 0) is 25.4 Å². The fourth-order valence-electron chi connectivity index (χ4n) is 2.47. The van der Waals surface area contributed by atoms with Gasteiger partial charge in [-0.05, 0) is 6.92 Å². The normalized spacial score (nSPS) is 16.2. The minimum atomic E-state index is -0.418. The van der Waals surface area contributed by atoms with E-state index >= 15 is 0 Å². The van der Waals surface area contributed by atoms with Gasteiger partial charge in [-0.3, -0.25) is 0 Å². The second kappa shape index (κ2) is 9.12. The Labute approximate surface area is 132 Å². The van der Waals surface area contributed by atoms with Gasteiger partial charge in [0.05, 0.1) is 13.7 Å². The lowest BCUT2D eigenvalue weighted by Crippen LogP contribution is -2.44. The summed E-state index contributed by atoms with van der Waals surface area (Å²) in [6.45, 7) is 5.52. The van der Waals surface area contributed by atoms with Gasteiger partial charge in [0.1, 0.15) is 12.5 Å². The van der Waals surface area contributed by atoms with Crippen molar-refractivity contribution < 1.29 is 23.5 Å². The molecule has 0 radical (unpaired) electrons. The van der Waals surface area contributed by atoms with Gasteiger partial charge in [0.2, 0.25) is 0 Å². The number of nitrogens with one attached hydrogen (secondary N) is 1. The lowest BCUT2D eigenvalue weighted by Gasteiger charge is -2.22. The molecular formula is C15H24BNO5. The molecule has 6 nitrogen and oxygen atoms in total. The van der Waals surface area contributed by atoms with Crippen molar-refractivity contribution in [2.45, 2.75) is 13.5 Å². The van der Waals surface area contributed by atoms with Gasteiger partial charge in [0.25, 0.3) is 0 Å². The van der Waals surface area contributed by atoms with Crippen molar-refractivity contribution in [2.75, 3.05) is 47.3 Å². The van der Waals surface area contributed by atoms with Crippen LogP contribution < -0.4 is 15.5 Å². The topological polar surface area (TPSA) is 58.2 Å². The fourth-order valence-corrected chi connectivity index (χ4v) is 2.47. The number of hydrogen-bond donors (Lipinski definition) is 1. The molecule has 0 atom stereocenters. The first-order valence-corrected chi connectivity index (χ1v) is 7.44. The Bertz CT molecular complexity index is 463. The van der Waals surface area contributed by atoms with Crippen LogP contribution in [0.5, 0.6) is 5.75 Å². The molecule has 1 aromatic rings. The molecule has 0 aliphatic carbocycles. The van der Waals surface area contributed by atoms with Crippen LogP contribution in [0.4, 0.5) is 0 Å². The molecule has 0 aromatic heterocycles. The smallest absolute Gasteiger partial charge is 0.497 e. The van der Waals surface area contributed by atoms with E-state index in [2.05, 4.69) is 5.32 Å². The maximum absolute atomic E-state index is 5.82. The molecule has 1 fully saturated rings. The summed E-state index contributed by atoms with van der Waals surface area (Å²) in [6.07, 6.45) is 0. The number of ether oxygens (including phenoxy) is 3. The fraction of sp³-hybridized carbons (Fsp3) is 0.600. The average Bonchev–Trinajstić information content (AvgIpc) is 2.47. The van der Waals surface area contributed by atoms with Crippen LogP contribution in [0.15, 0.2) is 12.1 Å². The monoisotopic (exact) mass is 309 g/mol. The van der Waals surface area contributed by atoms with E-state index in [0.717, 1.165) is 35.4 Å². The van der Waals surface area contributed by atoms with Gasteiger partial charge in [-0.2, -0.15) is 0 Å². The van der Waals surface area contributed by atoms with Crippen LogP contribution in [0.3, 0.4) is 0 Å². The highest BCUT2D eigenvalue weighted by Gasteiger charge is 2.28. The standard InChI is InChI=1S/C15H24BNO5/c1-12-8-13(10-20-11-18-2)15(19-3)14(9-12)16-21-6-4-17-5-7-22-16/h8-9,17H,4-7,10-11H2,1-3H3. The number of aryl methyl sites for hydroxylation is 1. The molecule has 1 aliphatic rings. The third-order valence-electron chi connectivity index (χ3n) is 3.35. The van der Waals surface area contributed by atoms with E-state index in [9.17, 15) is 0 Å². The van der Waals surface area contributed by atoms with Crippen molar-refractivity contribution in [1.29, 1.82) is 0 Å². The summed E-state index contributed by atoms with van der Waals surface area (Å²) in [4.78, 5) is 0. The largest absolute Gasteiger partial charge is 0.497 e. The molecule has 2 rings (SSSR count). The molecule has 1 N–H and O–H groups in total. The van der Waals surface area contributed by atoms with Gasteiger partial charge in [0.15, 0.2) is 0 Å². The first-order chi connectivity index (χ1) is 10.8. The Morgan fingerprint density at radius 2 is 1.91 bits per heavy atom. The number of hydrogen-bond acceptors (Lipinski definition) is 6. The molecule has 0 spiro atoms. The predicted octanol–water partition coefficient (Wildman–Crippen LogP) is 0.456. The van der Waals surface area contributed by atoms with Crippen LogP contribution >= 0.6 is 0 Å². The molecule has 1 aromatic carbocycles. The SMILES string of the molecule is COCOCc1cc(C)cc(B2OCCNCCO2)c1OC. The number of methoxy groups -OCH3 is 2. The van der Waals surface area contributed by atoms with E-state index in [1.807, 2.05) is 19.1 Å². The zero-order valence-electron chi connectivity index (χ0n) is 13.5. The summed E-state index contributed by atoms with van der Waals surface area (Å²) in [5.74, 6) is 0.750. The molecule has 1 saturated heterocycles. The Balaban J connectivity index is 2.23. The Hall–Kier alpha value is -1.12. The first kappa shape index (κ1) is 17.2. The predicted molar refractivity (Wildman–Crippen MR) is 84.6 cm³/mol. The molecule has 22 heavy (non-hydrogen) atoms. The molecule has 0 unspecified atom stereocenters. The van der Waals surface area contributed by atoms with Crippen LogP contribution in [0.25, 0.3) is 0 Å². The quantitative estimate of drug-likeness (QED) is 0.468. The molecule has 122 valence electrons. The summed E-state index contributed by atoms with van der Waals surface area (Å²) in [5.41, 5.74) is 2.97. The van der Waals surface area contributed by atoms with Crippen LogP contribution in [0.1, 0.15) is 11.1 Å². The Morgan fingerprint density at radius 3 is 2.55 bits per heavy atom. The van der Waals surface area contributed by atoms with Crippen LogP contribution in [0.2, 0.25) is 0 Å². The van der Waals surface area contributed by atoms with Crippen LogP contribution in [-0.4, -0.2) is 54.4 Å². The highest BCUT2D eigenvalue weighted by Crippen LogP contribution is 2.20. The third kappa shape index (κ3) is 4.69. The Morgan fingerprint density at radius 1 is 1.18 bits per heavy atom. The molecule has 1 heterocycles. The summed E-state index contributed by atoms with van der Waals surface area (Å²) >= 11 is 0. The number of benzene rings is 1. The maximum Gasteiger partial charge on any atom is 0.497 e. The average molecular weight is 309 g/mol. The highest BCUT2D eigenvalue weighted by atomic mass is 16.7. The van der Waals surface area contributed by atoms with Gasteiger partial charge < -0.3 is 28.8 Å². The third-order valence-corrected chi connectivity index (χ3v) is 3.35. The summed E-state index contributed by atoms with van der Waals surface area (Å²) < 4.78 is 27.6. The van der Waals surface area contributed by atoms with Crippen molar-refractivity contribution in [1.82, 2.24) is 5.32 Å². The van der Waals surface area contributed by atoms with Crippen LogP contribution in [0, 0.1) is 6.92 Å². The summed E-state index contributed by atoms with van der Waals surface area (Å²) in [6, 6.07) is 4.08. The van der Waals surface area contributed by atoms with E-state index in [-0.39, 0.29) is 6.79 Å². The summed E-state index contributed by atoms with van der Waals surface area (Å²) in [5, 5.41) is 3.23. The molecule has 7 heteroatoms. The van der Waals surface area contributed by atoms with E-state index in [1.54, 1.807) is 14.2 Å². The number of rotatable bonds is 6. The van der Waals surface area contributed by atoms with E-state index < -0.39 is 7.12 Å². The molecule has 0 amide bonds. The highest BCUT2D eigenvalue weighted by molar-refractivity contribution is 6.62. The molecular weight excluding hydrogens is 285 g/mol.